The van der Waals surface area contributed by atoms with Gasteiger partial charge in [0, 0.05) is 12.6 Å². The van der Waals surface area contributed by atoms with E-state index in [2.05, 4.69) is 5.32 Å². The Morgan fingerprint density at radius 1 is 0.950 bits per heavy atom. The lowest BCUT2D eigenvalue weighted by Crippen LogP contribution is -2.52. The monoisotopic (exact) mass is 569 g/mol. The van der Waals surface area contributed by atoms with E-state index in [1.807, 2.05) is 20.8 Å². The molecule has 2 amide bonds. The summed E-state index contributed by atoms with van der Waals surface area (Å²) in [6.07, 6.45) is 0.699. The largest absolute Gasteiger partial charge is 0.497 e. The van der Waals surface area contributed by atoms with Gasteiger partial charge in [-0.2, -0.15) is 0 Å². The van der Waals surface area contributed by atoms with Crippen molar-refractivity contribution in [2.75, 3.05) is 18.0 Å². The molecule has 3 rings (SSSR count). The highest BCUT2D eigenvalue weighted by atomic mass is 32.2. The molecule has 214 valence electrons. The molecular weight excluding hydrogens is 533 g/mol. The number of anilines is 1. The molecule has 0 aliphatic rings. The van der Waals surface area contributed by atoms with E-state index in [0.29, 0.717) is 17.7 Å². The number of sulfonamides is 1. The number of carbonyl (C=O) groups excluding carboxylic acids is 2. The molecule has 40 heavy (non-hydrogen) atoms. The van der Waals surface area contributed by atoms with Crippen LogP contribution < -0.4 is 14.4 Å². The third-order valence-electron chi connectivity index (χ3n) is 6.68. The summed E-state index contributed by atoms with van der Waals surface area (Å²) in [5.74, 6) is -0.875. The quantitative estimate of drug-likeness (QED) is 0.342. The molecule has 0 unspecified atom stereocenters. The molecule has 0 aromatic heterocycles. The number of nitrogens with zero attached hydrogens (tertiary/aromatic N) is 2. The van der Waals surface area contributed by atoms with Crippen LogP contribution in [-0.4, -0.2) is 50.9 Å². The Labute approximate surface area is 235 Å². The minimum Gasteiger partial charge on any atom is -0.497 e. The molecule has 10 heteroatoms. The number of halogens is 1. The number of hydrogen-bond acceptors (Lipinski definition) is 5. The lowest BCUT2D eigenvalue weighted by molar-refractivity contribution is -0.139. The Hall–Kier alpha value is -3.92. The summed E-state index contributed by atoms with van der Waals surface area (Å²) in [7, 11) is -2.67. The van der Waals surface area contributed by atoms with E-state index >= 15 is 0 Å². The number of aryl methyl sites for hydroxylation is 1. The summed E-state index contributed by atoms with van der Waals surface area (Å²) in [4.78, 5) is 28.3. The number of ether oxygens (including phenoxy) is 1. The van der Waals surface area contributed by atoms with Crippen LogP contribution in [-0.2, 0) is 26.2 Å². The van der Waals surface area contributed by atoms with Crippen LogP contribution in [0.15, 0.2) is 77.7 Å². The highest BCUT2D eigenvalue weighted by molar-refractivity contribution is 7.92. The highest BCUT2D eigenvalue weighted by Gasteiger charge is 2.32. The van der Waals surface area contributed by atoms with Gasteiger partial charge in [0.2, 0.25) is 11.8 Å². The van der Waals surface area contributed by atoms with E-state index in [1.54, 1.807) is 43.3 Å². The molecular formula is C30H36FN3O5S. The summed E-state index contributed by atoms with van der Waals surface area (Å²) in [5, 5.41) is 2.88. The fraction of sp³-hybridized carbons (Fsp3) is 0.333. The Kier molecular flexibility index (Phi) is 10.3. The first-order chi connectivity index (χ1) is 19.0. The molecule has 0 spiro atoms. The third-order valence-corrected chi connectivity index (χ3v) is 8.47. The summed E-state index contributed by atoms with van der Waals surface area (Å²) < 4.78 is 47.5. The molecule has 0 heterocycles. The van der Waals surface area contributed by atoms with E-state index in [9.17, 15) is 22.4 Å². The van der Waals surface area contributed by atoms with E-state index in [1.165, 1.54) is 48.4 Å². The van der Waals surface area contributed by atoms with E-state index < -0.39 is 34.3 Å². The number of methoxy groups -OCH3 is 1. The standard InChI is InChI=1S/C30H36FN3O5S/c1-6-22(3)32-30(36)23(4)33(19-24-9-11-25(31)12-10-24)29(35)20-34(26-13-15-27(39-5)16-14-26)40(37,38)28-17-7-21(2)8-18-28/h7-18,22-23H,6,19-20H2,1-5H3,(H,32,36)/t22-,23-/m1/s1. The predicted octanol–water partition coefficient (Wildman–Crippen LogP) is 4.67. The van der Waals surface area contributed by atoms with Gasteiger partial charge in [-0.3, -0.25) is 13.9 Å². The van der Waals surface area contributed by atoms with Gasteiger partial charge in [-0.1, -0.05) is 36.8 Å². The number of rotatable bonds is 12. The molecule has 3 aromatic rings. The molecule has 0 aliphatic carbocycles. The first kappa shape index (κ1) is 30.6. The second-order valence-corrected chi connectivity index (χ2v) is 11.5. The fourth-order valence-corrected chi connectivity index (χ4v) is 5.36. The highest BCUT2D eigenvalue weighted by Crippen LogP contribution is 2.27. The zero-order chi connectivity index (χ0) is 29.4. The Balaban J connectivity index is 2.02. The summed E-state index contributed by atoms with van der Waals surface area (Å²) in [5.41, 5.74) is 1.74. The molecule has 0 saturated heterocycles. The second-order valence-electron chi connectivity index (χ2n) is 9.66. The van der Waals surface area contributed by atoms with Crippen molar-refractivity contribution in [3.05, 3.63) is 89.7 Å². The Bertz CT molecular complexity index is 1390. The average molecular weight is 570 g/mol. The zero-order valence-electron chi connectivity index (χ0n) is 23.4. The van der Waals surface area contributed by atoms with Crippen molar-refractivity contribution in [2.24, 2.45) is 0 Å². The van der Waals surface area contributed by atoms with Crippen LogP contribution in [0.3, 0.4) is 0 Å². The van der Waals surface area contributed by atoms with Gasteiger partial charge in [-0.15, -0.1) is 0 Å². The molecule has 1 N–H and O–H groups in total. The number of hydrogen-bond donors (Lipinski definition) is 1. The van der Waals surface area contributed by atoms with Crippen LogP contribution in [0.5, 0.6) is 5.75 Å². The van der Waals surface area contributed by atoms with Crippen LogP contribution in [0.2, 0.25) is 0 Å². The molecule has 0 aliphatic heterocycles. The number of amides is 2. The normalized spacial score (nSPS) is 12.8. The summed E-state index contributed by atoms with van der Waals surface area (Å²) in [6.45, 7) is 6.64. The maximum absolute atomic E-state index is 13.9. The van der Waals surface area contributed by atoms with E-state index in [-0.39, 0.29) is 29.1 Å². The van der Waals surface area contributed by atoms with Crippen molar-refractivity contribution in [3.8, 4) is 5.75 Å². The molecule has 3 aromatic carbocycles. The maximum Gasteiger partial charge on any atom is 0.264 e. The lowest BCUT2D eigenvalue weighted by Gasteiger charge is -2.32. The van der Waals surface area contributed by atoms with Crippen LogP contribution >= 0.6 is 0 Å². The van der Waals surface area contributed by atoms with Gasteiger partial charge in [0.25, 0.3) is 10.0 Å². The summed E-state index contributed by atoms with van der Waals surface area (Å²) in [6, 6.07) is 17.2. The molecule has 8 nitrogen and oxygen atoms in total. The van der Waals surface area contributed by atoms with Crippen molar-refractivity contribution >= 4 is 27.5 Å². The maximum atomic E-state index is 13.9. The van der Waals surface area contributed by atoms with Crippen molar-refractivity contribution in [1.82, 2.24) is 10.2 Å². The van der Waals surface area contributed by atoms with Crippen molar-refractivity contribution in [1.29, 1.82) is 0 Å². The molecule has 0 bridgehead atoms. The van der Waals surface area contributed by atoms with Gasteiger partial charge in [-0.05, 0) is 81.3 Å². The number of nitrogens with one attached hydrogen (secondary N) is 1. The molecule has 0 saturated carbocycles. The number of carbonyl (C=O) groups is 2. The minimum absolute atomic E-state index is 0.0186. The topological polar surface area (TPSA) is 96.0 Å². The van der Waals surface area contributed by atoms with Gasteiger partial charge >= 0.3 is 0 Å². The van der Waals surface area contributed by atoms with Crippen molar-refractivity contribution < 1.29 is 27.1 Å². The fourth-order valence-electron chi connectivity index (χ4n) is 3.95. The smallest absolute Gasteiger partial charge is 0.264 e. The minimum atomic E-state index is -4.17. The first-order valence-corrected chi connectivity index (χ1v) is 14.5. The van der Waals surface area contributed by atoms with Gasteiger partial charge in [0.05, 0.1) is 17.7 Å². The van der Waals surface area contributed by atoms with Crippen molar-refractivity contribution in [2.45, 2.75) is 57.6 Å². The van der Waals surface area contributed by atoms with Crippen LogP contribution in [0.25, 0.3) is 0 Å². The SMILES string of the molecule is CC[C@@H](C)NC(=O)[C@@H](C)N(Cc1ccc(F)cc1)C(=O)CN(c1ccc(OC)cc1)S(=O)(=O)c1ccc(C)cc1. The van der Waals surface area contributed by atoms with Gasteiger partial charge in [0.1, 0.15) is 24.2 Å². The number of benzene rings is 3. The Morgan fingerprint density at radius 2 is 1.55 bits per heavy atom. The zero-order valence-corrected chi connectivity index (χ0v) is 24.2. The van der Waals surface area contributed by atoms with Gasteiger partial charge in [0.15, 0.2) is 0 Å². The lowest BCUT2D eigenvalue weighted by atomic mass is 10.1. The molecule has 2 atom stereocenters. The molecule has 0 radical (unpaired) electrons. The van der Waals surface area contributed by atoms with E-state index in [0.717, 1.165) is 9.87 Å². The van der Waals surface area contributed by atoms with Gasteiger partial charge < -0.3 is 15.0 Å². The van der Waals surface area contributed by atoms with Crippen molar-refractivity contribution in [3.63, 3.8) is 0 Å². The van der Waals surface area contributed by atoms with E-state index in [4.69, 9.17) is 4.74 Å². The Morgan fingerprint density at radius 3 is 2.10 bits per heavy atom. The van der Waals surface area contributed by atoms with Crippen LogP contribution in [0.1, 0.15) is 38.3 Å². The predicted molar refractivity (Wildman–Crippen MR) is 153 cm³/mol. The second kappa shape index (κ2) is 13.4. The van der Waals surface area contributed by atoms with Crippen LogP contribution in [0.4, 0.5) is 10.1 Å². The van der Waals surface area contributed by atoms with Gasteiger partial charge in [-0.25, -0.2) is 12.8 Å². The third kappa shape index (κ3) is 7.59. The first-order valence-electron chi connectivity index (χ1n) is 13.0. The van der Waals surface area contributed by atoms with Crippen LogP contribution in [0, 0.1) is 12.7 Å². The molecule has 0 fully saturated rings. The average Bonchev–Trinajstić information content (AvgIpc) is 2.95. The summed E-state index contributed by atoms with van der Waals surface area (Å²) >= 11 is 0.